The Kier molecular flexibility index (Phi) is 4.09. The second-order valence-corrected chi connectivity index (χ2v) is 3.25. The molecule has 1 rings (SSSR count). The molecule has 0 radical (unpaired) electrons. The summed E-state index contributed by atoms with van der Waals surface area (Å²) >= 11 is 0. The van der Waals surface area contributed by atoms with E-state index in [1.54, 1.807) is 29.2 Å². The predicted molar refractivity (Wildman–Crippen MR) is 61.0 cm³/mol. The average molecular weight is 207 g/mol. The van der Waals surface area contributed by atoms with Crippen LogP contribution in [0.3, 0.4) is 0 Å². The van der Waals surface area contributed by atoms with Crippen LogP contribution in [0.2, 0.25) is 0 Å². The van der Waals surface area contributed by atoms with E-state index >= 15 is 0 Å². The molecular weight excluding hydrogens is 190 g/mol. The third-order valence-electron chi connectivity index (χ3n) is 2.32. The number of hydrogen-bond donors (Lipinski definition) is 0. The quantitative estimate of drug-likeness (QED) is 0.760. The van der Waals surface area contributed by atoms with Gasteiger partial charge in [0.15, 0.2) is 0 Å². The molecule has 0 spiro atoms. The average Bonchev–Trinajstić information content (AvgIpc) is 2.30. The van der Waals surface area contributed by atoms with Crippen molar-refractivity contribution in [1.29, 1.82) is 0 Å². The molecule has 1 aromatic rings. The first-order valence-electron chi connectivity index (χ1n) is 5.13. The molecule has 15 heavy (non-hydrogen) atoms. The Morgan fingerprint density at radius 3 is 2.33 bits per heavy atom. The van der Waals surface area contributed by atoms with E-state index in [-0.39, 0.29) is 6.03 Å². The number of rotatable bonds is 3. The van der Waals surface area contributed by atoms with Gasteiger partial charge in [0.05, 0.1) is 0 Å². The summed E-state index contributed by atoms with van der Waals surface area (Å²) in [7, 11) is 1.80. The maximum Gasteiger partial charge on any atom is 0.324 e. The Bertz CT molecular complexity index is 313. The molecule has 0 aliphatic heterocycles. The Labute approximate surface area is 90.5 Å². The first-order chi connectivity index (χ1) is 7.20. The van der Waals surface area contributed by atoms with Gasteiger partial charge in [0.1, 0.15) is 0 Å². The molecule has 0 aromatic carbocycles. The zero-order valence-corrected chi connectivity index (χ0v) is 9.47. The van der Waals surface area contributed by atoms with Crippen molar-refractivity contribution in [2.24, 2.45) is 0 Å². The molecular formula is C11H17N3O. The lowest BCUT2D eigenvalue weighted by molar-refractivity contribution is 0.218. The number of carbonyl (C=O) groups is 1. The Hall–Kier alpha value is -1.58. The van der Waals surface area contributed by atoms with E-state index in [1.807, 2.05) is 26.0 Å². The summed E-state index contributed by atoms with van der Waals surface area (Å²) in [5.41, 5.74) is 0.887. The third-order valence-corrected chi connectivity index (χ3v) is 2.32. The standard InChI is InChI=1S/C11H17N3O/c1-4-13(3)11(15)14(5-2)10-6-8-12-9-7-10/h6-9H,4-5H2,1-3H3. The molecule has 1 heterocycles. The van der Waals surface area contributed by atoms with Crippen molar-refractivity contribution in [3.63, 3.8) is 0 Å². The van der Waals surface area contributed by atoms with Crippen LogP contribution in [0.4, 0.5) is 10.5 Å². The van der Waals surface area contributed by atoms with Crippen LogP contribution in [-0.2, 0) is 0 Å². The lowest BCUT2D eigenvalue weighted by Gasteiger charge is -2.26. The van der Waals surface area contributed by atoms with Crippen molar-refractivity contribution in [2.45, 2.75) is 13.8 Å². The normalized spacial score (nSPS) is 9.80. The van der Waals surface area contributed by atoms with Gasteiger partial charge in [-0.15, -0.1) is 0 Å². The lowest BCUT2D eigenvalue weighted by atomic mass is 10.3. The topological polar surface area (TPSA) is 36.4 Å². The summed E-state index contributed by atoms with van der Waals surface area (Å²) in [5, 5.41) is 0. The predicted octanol–water partition coefficient (Wildman–Crippen LogP) is 1.98. The van der Waals surface area contributed by atoms with E-state index in [1.165, 1.54) is 0 Å². The highest BCUT2D eigenvalue weighted by Crippen LogP contribution is 2.13. The summed E-state index contributed by atoms with van der Waals surface area (Å²) in [6.45, 7) is 5.29. The summed E-state index contributed by atoms with van der Waals surface area (Å²) in [6.07, 6.45) is 3.38. The first kappa shape index (κ1) is 11.5. The van der Waals surface area contributed by atoms with Crippen LogP contribution in [0.15, 0.2) is 24.5 Å². The van der Waals surface area contributed by atoms with Gasteiger partial charge in [-0.1, -0.05) is 0 Å². The molecule has 0 saturated carbocycles. The number of amides is 2. The second kappa shape index (κ2) is 5.34. The van der Waals surface area contributed by atoms with Crippen molar-refractivity contribution < 1.29 is 4.79 Å². The zero-order chi connectivity index (χ0) is 11.3. The van der Waals surface area contributed by atoms with E-state index < -0.39 is 0 Å². The van der Waals surface area contributed by atoms with Gasteiger partial charge in [-0.3, -0.25) is 9.88 Å². The van der Waals surface area contributed by atoms with E-state index in [0.29, 0.717) is 13.1 Å². The van der Waals surface area contributed by atoms with E-state index in [0.717, 1.165) is 5.69 Å². The molecule has 0 aliphatic carbocycles. The summed E-state index contributed by atoms with van der Waals surface area (Å²) in [4.78, 5) is 19.3. The summed E-state index contributed by atoms with van der Waals surface area (Å²) in [6, 6.07) is 3.70. The molecule has 0 unspecified atom stereocenters. The SMILES string of the molecule is CCN(C)C(=O)N(CC)c1ccncc1. The number of hydrogen-bond acceptors (Lipinski definition) is 2. The fourth-order valence-electron chi connectivity index (χ4n) is 1.29. The smallest absolute Gasteiger partial charge is 0.324 e. The Morgan fingerprint density at radius 2 is 1.87 bits per heavy atom. The first-order valence-corrected chi connectivity index (χ1v) is 5.13. The van der Waals surface area contributed by atoms with Crippen LogP contribution in [0.1, 0.15) is 13.8 Å². The van der Waals surface area contributed by atoms with Gasteiger partial charge < -0.3 is 4.90 Å². The van der Waals surface area contributed by atoms with Gasteiger partial charge in [0.25, 0.3) is 0 Å². The highest BCUT2D eigenvalue weighted by atomic mass is 16.2. The molecule has 4 heteroatoms. The van der Waals surface area contributed by atoms with Gasteiger partial charge in [-0.25, -0.2) is 4.79 Å². The van der Waals surface area contributed by atoms with Gasteiger partial charge >= 0.3 is 6.03 Å². The van der Waals surface area contributed by atoms with Crippen molar-refractivity contribution in [3.05, 3.63) is 24.5 Å². The molecule has 1 aromatic heterocycles. The van der Waals surface area contributed by atoms with Gasteiger partial charge in [0.2, 0.25) is 0 Å². The molecule has 2 amide bonds. The highest BCUT2D eigenvalue weighted by Gasteiger charge is 2.16. The minimum absolute atomic E-state index is 0.0196. The second-order valence-electron chi connectivity index (χ2n) is 3.25. The van der Waals surface area contributed by atoms with E-state index in [4.69, 9.17) is 0 Å². The van der Waals surface area contributed by atoms with Crippen molar-refractivity contribution in [1.82, 2.24) is 9.88 Å². The highest BCUT2D eigenvalue weighted by molar-refractivity contribution is 5.91. The molecule has 82 valence electrons. The van der Waals surface area contributed by atoms with Gasteiger partial charge in [0, 0.05) is 38.2 Å². The van der Waals surface area contributed by atoms with Gasteiger partial charge in [-0.05, 0) is 26.0 Å². The maximum absolute atomic E-state index is 11.9. The molecule has 0 aliphatic rings. The fourth-order valence-corrected chi connectivity index (χ4v) is 1.29. The maximum atomic E-state index is 11.9. The molecule has 0 fully saturated rings. The van der Waals surface area contributed by atoms with Crippen LogP contribution in [0.25, 0.3) is 0 Å². The minimum Gasteiger partial charge on any atom is -0.328 e. The van der Waals surface area contributed by atoms with Crippen LogP contribution in [0, 0.1) is 0 Å². The van der Waals surface area contributed by atoms with E-state index in [2.05, 4.69) is 4.98 Å². The van der Waals surface area contributed by atoms with Crippen LogP contribution >= 0.6 is 0 Å². The number of pyridine rings is 1. The summed E-state index contributed by atoms with van der Waals surface area (Å²) < 4.78 is 0. The van der Waals surface area contributed by atoms with Gasteiger partial charge in [-0.2, -0.15) is 0 Å². The molecule has 0 atom stereocenters. The van der Waals surface area contributed by atoms with Crippen molar-refractivity contribution in [3.8, 4) is 0 Å². The Balaban J connectivity index is 2.85. The number of urea groups is 1. The Morgan fingerprint density at radius 1 is 1.27 bits per heavy atom. The third kappa shape index (κ3) is 2.68. The number of aromatic nitrogens is 1. The lowest BCUT2D eigenvalue weighted by Crippen LogP contribution is -2.41. The zero-order valence-electron chi connectivity index (χ0n) is 9.47. The monoisotopic (exact) mass is 207 g/mol. The van der Waals surface area contributed by atoms with E-state index in [9.17, 15) is 4.79 Å². The molecule has 4 nitrogen and oxygen atoms in total. The molecule has 0 N–H and O–H groups in total. The fraction of sp³-hybridized carbons (Fsp3) is 0.455. The number of anilines is 1. The van der Waals surface area contributed by atoms with Crippen LogP contribution in [0.5, 0.6) is 0 Å². The largest absolute Gasteiger partial charge is 0.328 e. The molecule has 0 bridgehead atoms. The van der Waals surface area contributed by atoms with Crippen molar-refractivity contribution >= 4 is 11.7 Å². The number of carbonyl (C=O) groups excluding carboxylic acids is 1. The van der Waals surface area contributed by atoms with Crippen LogP contribution in [-0.4, -0.2) is 36.1 Å². The minimum atomic E-state index is 0.0196. The van der Waals surface area contributed by atoms with Crippen LogP contribution < -0.4 is 4.90 Å². The van der Waals surface area contributed by atoms with Crippen molar-refractivity contribution in [2.75, 3.05) is 25.0 Å². The molecule has 0 saturated heterocycles. The number of nitrogens with zero attached hydrogens (tertiary/aromatic N) is 3. The summed E-state index contributed by atoms with van der Waals surface area (Å²) in [5.74, 6) is 0.